The molecule has 1 aliphatic rings. The van der Waals surface area contributed by atoms with Crippen LogP contribution in [0.25, 0.3) is 10.9 Å². The van der Waals surface area contributed by atoms with Crippen LogP contribution in [0.3, 0.4) is 0 Å². The van der Waals surface area contributed by atoms with Gasteiger partial charge in [0.25, 0.3) is 0 Å². The van der Waals surface area contributed by atoms with Crippen molar-refractivity contribution in [3.63, 3.8) is 0 Å². The zero-order valence-electron chi connectivity index (χ0n) is 15.7. The van der Waals surface area contributed by atoms with Crippen LogP contribution in [0, 0.1) is 17.2 Å². The fourth-order valence-electron chi connectivity index (χ4n) is 3.44. The molecule has 0 spiro atoms. The topological polar surface area (TPSA) is 76.3 Å². The number of para-hydroxylation sites is 1. The highest BCUT2D eigenvalue weighted by Crippen LogP contribution is 2.25. The number of nitrogens with zero attached hydrogens (tertiary/aromatic N) is 4. The number of aromatic nitrogens is 1. The first-order valence-electron chi connectivity index (χ1n) is 9.05. The van der Waals surface area contributed by atoms with Gasteiger partial charge in [0.1, 0.15) is 5.82 Å². The van der Waals surface area contributed by atoms with Crippen LogP contribution in [-0.4, -0.2) is 38.1 Å². The molecule has 0 bridgehead atoms. The Morgan fingerprint density at radius 2 is 2.15 bits per heavy atom. The molecule has 0 radical (unpaired) electrons. The number of nitrogens with one attached hydrogen (secondary N) is 2. The number of hydrogen-bond donors (Lipinski definition) is 2. The number of nitriles is 1. The fourth-order valence-corrected chi connectivity index (χ4v) is 3.44. The summed E-state index contributed by atoms with van der Waals surface area (Å²) in [6, 6.07) is 12.9. The monoisotopic (exact) mass is 350 g/mol. The van der Waals surface area contributed by atoms with Crippen LogP contribution >= 0.6 is 0 Å². The van der Waals surface area contributed by atoms with Gasteiger partial charge in [0.2, 0.25) is 0 Å². The summed E-state index contributed by atoms with van der Waals surface area (Å²) in [6.45, 7) is 0.646. The maximum atomic E-state index is 9.27. The molecule has 1 aromatic carbocycles. The predicted octanol–water partition coefficient (Wildman–Crippen LogP) is 2.66. The Bertz CT molecular complexity index is 836. The van der Waals surface area contributed by atoms with E-state index >= 15 is 0 Å². The minimum Gasteiger partial charge on any atom is -0.363 e. The van der Waals surface area contributed by atoms with Gasteiger partial charge in [-0.2, -0.15) is 5.26 Å². The van der Waals surface area contributed by atoms with Crippen molar-refractivity contribution in [2.75, 3.05) is 26.0 Å². The molecule has 2 atom stereocenters. The molecule has 0 saturated heterocycles. The van der Waals surface area contributed by atoms with E-state index in [9.17, 15) is 5.26 Å². The SMILES string of the molecule is CN=C(NCc1cc(N(C)C)nc2ccccc12)NC1CCCC1C#N. The van der Waals surface area contributed by atoms with Gasteiger partial charge in [-0.05, 0) is 37.0 Å². The van der Waals surface area contributed by atoms with Gasteiger partial charge in [0.05, 0.1) is 17.5 Å². The zero-order chi connectivity index (χ0) is 18.5. The molecule has 0 aliphatic heterocycles. The van der Waals surface area contributed by atoms with E-state index in [-0.39, 0.29) is 12.0 Å². The van der Waals surface area contributed by atoms with E-state index in [1.54, 1.807) is 7.05 Å². The summed E-state index contributed by atoms with van der Waals surface area (Å²) in [6.07, 6.45) is 3.07. The predicted molar refractivity (Wildman–Crippen MR) is 106 cm³/mol. The molecule has 1 fully saturated rings. The van der Waals surface area contributed by atoms with E-state index < -0.39 is 0 Å². The van der Waals surface area contributed by atoms with Gasteiger partial charge in [0.15, 0.2) is 5.96 Å². The summed E-state index contributed by atoms with van der Waals surface area (Å²) in [4.78, 5) is 11.0. The van der Waals surface area contributed by atoms with Crippen molar-refractivity contribution in [3.8, 4) is 6.07 Å². The van der Waals surface area contributed by atoms with Crippen LogP contribution < -0.4 is 15.5 Å². The average molecular weight is 350 g/mol. The molecule has 26 heavy (non-hydrogen) atoms. The maximum absolute atomic E-state index is 9.27. The quantitative estimate of drug-likeness (QED) is 0.655. The normalized spacial score (nSPS) is 20.0. The molecular weight excluding hydrogens is 324 g/mol. The van der Waals surface area contributed by atoms with Crippen LogP contribution in [-0.2, 0) is 6.54 Å². The second kappa shape index (κ2) is 8.05. The molecule has 1 aliphatic carbocycles. The smallest absolute Gasteiger partial charge is 0.191 e. The van der Waals surface area contributed by atoms with Crippen LogP contribution in [0.4, 0.5) is 5.82 Å². The zero-order valence-corrected chi connectivity index (χ0v) is 15.7. The average Bonchev–Trinajstić information content (AvgIpc) is 3.11. The minimum absolute atomic E-state index is 0.0654. The van der Waals surface area contributed by atoms with Crippen LogP contribution in [0.15, 0.2) is 35.3 Å². The van der Waals surface area contributed by atoms with Crippen molar-refractivity contribution >= 4 is 22.7 Å². The Morgan fingerprint density at radius 3 is 2.88 bits per heavy atom. The number of aliphatic imine (C=N–C) groups is 1. The standard InChI is InChI=1S/C20H26N6/c1-22-20(25-17-10-6-7-14(17)12-21)23-13-15-11-19(26(2)3)24-18-9-5-4-8-16(15)18/h4-5,8-9,11,14,17H,6-7,10,13H2,1-3H3,(H2,22,23,25). The van der Waals surface area contributed by atoms with Gasteiger partial charge in [-0.3, -0.25) is 4.99 Å². The molecule has 1 heterocycles. The van der Waals surface area contributed by atoms with Crippen molar-refractivity contribution in [1.29, 1.82) is 5.26 Å². The van der Waals surface area contributed by atoms with E-state index in [0.717, 1.165) is 41.9 Å². The molecule has 2 unspecified atom stereocenters. The van der Waals surface area contributed by atoms with Gasteiger partial charge in [0, 0.05) is 39.1 Å². The lowest BCUT2D eigenvalue weighted by atomic mass is 10.1. The summed E-state index contributed by atoms with van der Waals surface area (Å²) >= 11 is 0. The van der Waals surface area contributed by atoms with Gasteiger partial charge in [-0.25, -0.2) is 4.98 Å². The van der Waals surface area contributed by atoms with Crippen LogP contribution in [0.5, 0.6) is 0 Å². The highest BCUT2D eigenvalue weighted by Gasteiger charge is 2.27. The van der Waals surface area contributed by atoms with Crippen molar-refractivity contribution in [2.45, 2.75) is 31.8 Å². The summed E-state index contributed by atoms with van der Waals surface area (Å²) in [5.41, 5.74) is 2.16. The largest absolute Gasteiger partial charge is 0.363 e. The van der Waals surface area contributed by atoms with E-state index in [0.29, 0.717) is 6.54 Å². The number of rotatable bonds is 4. The summed E-state index contributed by atoms with van der Waals surface area (Å²) < 4.78 is 0. The third kappa shape index (κ3) is 3.88. The first-order valence-corrected chi connectivity index (χ1v) is 9.05. The fraction of sp³-hybridized carbons (Fsp3) is 0.450. The summed E-state index contributed by atoms with van der Waals surface area (Å²) in [5.74, 6) is 1.74. The number of benzene rings is 1. The number of fused-ring (bicyclic) bond motifs is 1. The lowest BCUT2D eigenvalue weighted by Gasteiger charge is -2.20. The summed E-state index contributed by atoms with van der Waals surface area (Å²) in [7, 11) is 5.76. The molecule has 2 N–H and O–H groups in total. The molecule has 6 heteroatoms. The summed E-state index contributed by atoms with van der Waals surface area (Å²) in [5, 5.41) is 17.2. The van der Waals surface area contributed by atoms with Crippen LogP contribution in [0.1, 0.15) is 24.8 Å². The Labute approximate surface area is 154 Å². The van der Waals surface area contributed by atoms with Crippen molar-refractivity contribution in [3.05, 3.63) is 35.9 Å². The van der Waals surface area contributed by atoms with Crippen molar-refractivity contribution < 1.29 is 0 Å². The first-order chi connectivity index (χ1) is 12.6. The van der Waals surface area contributed by atoms with E-state index in [1.807, 2.05) is 37.2 Å². The lowest BCUT2D eigenvalue weighted by molar-refractivity contribution is 0.532. The van der Waals surface area contributed by atoms with Gasteiger partial charge < -0.3 is 15.5 Å². The number of hydrogen-bond acceptors (Lipinski definition) is 4. The maximum Gasteiger partial charge on any atom is 0.191 e. The number of pyridine rings is 1. The second-order valence-electron chi connectivity index (χ2n) is 6.89. The molecule has 0 amide bonds. The molecular formula is C20H26N6. The van der Waals surface area contributed by atoms with Crippen molar-refractivity contribution in [2.24, 2.45) is 10.9 Å². The van der Waals surface area contributed by atoms with Crippen molar-refractivity contribution in [1.82, 2.24) is 15.6 Å². The lowest BCUT2D eigenvalue weighted by Crippen LogP contribution is -2.44. The molecule has 136 valence electrons. The molecule has 3 rings (SSSR count). The molecule has 1 aromatic heterocycles. The molecule has 6 nitrogen and oxygen atoms in total. The Morgan fingerprint density at radius 1 is 1.35 bits per heavy atom. The van der Waals surface area contributed by atoms with E-state index in [1.165, 1.54) is 5.56 Å². The van der Waals surface area contributed by atoms with E-state index in [2.05, 4.69) is 33.8 Å². The number of anilines is 1. The Hall–Kier alpha value is -2.81. The van der Waals surface area contributed by atoms with Gasteiger partial charge >= 0.3 is 0 Å². The highest BCUT2D eigenvalue weighted by atomic mass is 15.2. The van der Waals surface area contributed by atoms with Crippen LogP contribution in [0.2, 0.25) is 0 Å². The third-order valence-electron chi connectivity index (χ3n) is 4.92. The Kier molecular flexibility index (Phi) is 5.57. The minimum atomic E-state index is 0.0654. The van der Waals surface area contributed by atoms with E-state index in [4.69, 9.17) is 4.98 Å². The second-order valence-corrected chi connectivity index (χ2v) is 6.89. The van der Waals surface area contributed by atoms with Gasteiger partial charge in [-0.1, -0.05) is 18.2 Å². The Balaban J connectivity index is 1.77. The first kappa shape index (κ1) is 18.0. The molecule has 1 saturated carbocycles. The third-order valence-corrected chi connectivity index (χ3v) is 4.92. The molecule has 2 aromatic rings. The number of guanidine groups is 1. The highest BCUT2D eigenvalue weighted by molar-refractivity contribution is 5.85. The van der Waals surface area contributed by atoms with Gasteiger partial charge in [-0.15, -0.1) is 0 Å².